The number of aryl methyl sites for hydroxylation is 2. The Morgan fingerprint density at radius 1 is 1.15 bits per heavy atom. The minimum atomic E-state index is 0.923. The molecule has 3 rings (SSSR count). The molecule has 103 valence electrons. The van der Waals surface area contributed by atoms with Gasteiger partial charge in [-0.05, 0) is 24.5 Å². The van der Waals surface area contributed by atoms with E-state index in [1.54, 1.807) is 0 Å². The Kier molecular flexibility index (Phi) is 4.23. The number of nitrogens with one attached hydrogen (secondary N) is 1. The Labute approximate surface area is 119 Å². The van der Waals surface area contributed by atoms with Gasteiger partial charge in [0.2, 0.25) is 0 Å². The van der Waals surface area contributed by atoms with Crippen molar-refractivity contribution in [1.82, 2.24) is 15.3 Å². The van der Waals surface area contributed by atoms with Gasteiger partial charge in [-0.15, -0.1) is 0 Å². The average molecular weight is 267 g/mol. The Morgan fingerprint density at radius 2 is 2.05 bits per heavy atom. The molecule has 0 aliphatic carbocycles. The zero-order valence-electron chi connectivity index (χ0n) is 11.5. The predicted octanol–water partition coefficient (Wildman–Crippen LogP) is 1.47. The molecule has 2 heterocycles. The standard InChI is InChI=1S/C16H19N4/c1-2-4-14(5-3-1)6-7-15-12-19-16(13-18-15)20-10-8-17-9-11-20/h1-2,4-5,12-13,17H,6-11H2. The zero-order chi connectivity index (χ0) is 13.6. The van der Waals surface area contributed by atoms with Gasteiger partial charge in [0.25, 0.3) is 0 Å². The maximum Gasteiger partial charge on any atom is 0.147 e. The molecule has 20 heavy (non-hydrogen) atoms. The van der Waals surface area contributed by atoms with Gasteiger partial charge in [-0.25, -0.2) is 4.98 Å². The third-order valence-electron chi connectivity index (χ3n) is 3.57. The molecule has 0 unspecified atom stereocenters. The molecule has 1 aliphatic heterocycles. The summed E-state index contributed by atoms with van der Waals surface area (Å²) in [7, 11) is 0. The molecule has 0 atom stereocenters. The summed E-state index contributed by atoms with van der Waals surface area (Å²) in [5.41, 5.74) is 2.34. The second-order valence-corrected chi connectivity index (χ2v) is 5.01. The Bertz CT molecular complexity index is 518. The van der Waals surface area contributed by atoms with Crippen LogP contribution in [-0.2, 0) is 12.8 Å². The number of nitrogens with zero attached hydrogens (tertiary/aromatic N) is 3. The lowest BCUT2D eigenvalue weighted by atomic mass is 10.1. The van der Waals surface area contributed by atoms with Gasteiger partial charge in [0.15, 0.2) is 0 Å². The van der Waals surface area contributed by atoms with E-state index >= 15 is 0 Å². The van der Waals surface area contributed by atoms with Crippen LogP contribution in [0, 0.1) is 6.07 Å². The smallest absolute Gasteiger partial charge is 0.147 e. The first kappa shape index (κ1) is 13.1. The first-order valence-electron chi connectivity index (χ1n) is 7.13. The molecule has 1 N–H and O–H groups in total. The van der Waals surface area contributed by atoms with Crippen LogP contribution >= 0.6 is 0 Å². The SMILES string of the molecule is [c]1cccc(CCc2cnc(N3CCNCC3)cn2)c1. The van der Waals surface area contributed by atoms with Crippen LogP contribution in [-0.4, -0.2) is 36.1 Å². The van der Waals surface area contributed by atoms with Crippen LogP contribution in [0.25, 0.3) is 0 Å². The fourth-order valence-electron chi connectivity index (χ4n) is 2.39. The van der Waals surface area contributed by atoms with Crippen LogP contribution in [0.4, 0.5) is 5.82 Å². The van der Waals surface area contributed by atoms with Crippen LogP contribution < -0.4 is 10.2 Å². The molecule has 0 bridgehead atoms. The molecule has 0 spiro atoms. The molecule has 1 saturated heterocycles. The van der Waals surface area contributed by atoms with E-state index in [0.29, 0.717) is 0 Å². The maximum absolute atomic E-state index is 4.54. The van der Waals surface area contributed by atoms with E-state index in [4.69, 9.17) is 0 Å². The van der Waals surface area contributed by atoms with Crippen LogP contribution in [0.1, 0.15) is 11.3 Å². The monoisotopic (exact) mass is 267 g/mol. The summed E-state index contributed by atoms with van der Waals surface area (Å²) in [6.07, 6.45) is 5.72. The van der Waals surface area contributed by atoms with Gasteiger partial charge in [-0.2, -0.15) is 0 Å². The number of benzene rings is 1. The first-order valence-corrected chi connectivity index (χ1v) is 7.13. The number of anilines is 1. The molecule has 0 saturated carbocycles. The summed E-state index contributed by atoms with van der Waals surface area (Å²) in [5.74, 6) is 0.989. The van der Waals surface area contributed by atoms with E-state index in [-0.39, 0.29) is 0 Å². The normalized spacial score (nSPS) is 15.3. The molecule has 1 radical (unpaired) electrons. The highest BCUT2D eigenvalue weighted by Crippen LogP contribution is 2.11. The lowest BCUT2D eigenvalue weighted by molar-refractivity contribution is 0.584. The average Bonchev–Trinajstić information content (AvgIpc) is 2.55. The van der Waals surface area contributed by atoms with Crippen molar-refractivity contribution in [2.45, 2.75) is 12.8 Å². The fourth-order valence-corrected chi connectivity index (χ4v) is 2.39. The highest BCUT2D eigenvalue weighted by Gasteiger charge is 2.11. The van der Waals surface area contributed by atoms with E-state index in [9.17, 15) is 0 Å². The highest BCUT2D eigenvalue weighted by molar-refractivity contribution is 5.36. The number of rotatable bonds is 4. The van der Waals surface area contributed by atoms with Crippen LogP contribution in [0.15, 0.2) is 36.7 Å². The van der Waals surface area contributed by atoms with Crippen molar-refractivity contribution in [2.75, 3.05) is 31.1 Å². The molecule has 1 fully saturated rings. The molecule has 2 aromatic rings. The third kappa shape index (κ3) is 3.33. The number of hydrogen-bond donors (Lipinski definition) is 1. The van der Waals surface area contributed by atoms with Gasteiger partial charge in [0.05, 0.1) is 18.1 Å². The summed E-state index contributed by atoms with van der Waals surface area (Å²) < 4.78 is 0. The van der Waals surface area contributed by atoms with Crippen molar-refractivity contribution in [2.24, 2.45) is 0 Å². The van der Waals surface area contributed by atoms with Crippen LogP contribution in [0.2, 0.25) is 0 Å². The highest BCUT2D eigenvalue weighted by atomic mass is 15.2. The van der Waals surface area contributed by atoms with Crippen molar-refractivity contribution in [3.63, 3.8) is 0 Å². The number of piperazine rings is 1. The molecule has 1 aromatic carbocycles. The Morgan fingerprint density at radius 3 is 2.75 bits per heavy atom. The van der Waals surface area contributed by atoms with Gasteiger partial charge < -0.3 is 10.2 Å². The van der Waals surface area contributed by atoms with Gasteiger partial charge in [-0.3, -0.25) is 4.98 Å². The Hall–Kier alpha value is -1.94. The molecular formula is C16H19N4. The molecule has 4 nitrogen and oxygen atoms in total. The van der Waals surface area contributed by atoms with Crippen molar-refractivity contribution in [3.8, 4) is 0 Å². The molecule has 4 heteroatoms. The molecular weight excluding hydrogens is 248 g/mol. The second-order valence-electron chi connectivity index (χ2n) is 5.01. The number of hydrogen-bond acceptors (Lipinski definition) is 4. The molecule has 1 aromatic heterocycles. The van der Waals surface area contributed by atoms with Crippen molar-refractivity contribution >= 4 is 5.82 Å². The summed E-state index contributed by atoms with van der Waals surface area (Å²) in [4.78, 5) is 11.4. The topological polar surface area (TPSA) is 41.1 Å². The van der Waals surface area contributed by atoms with Crippen molar-refractivity contribution in [3.05, 3.63) is 54.0 Å². The molecule has 1 aliphatic rings. The van der Waals surface area contributed by atoms with E-state index in [1.165, 1.54) is 5.56 Å². The van der Waals surface area contributed by atoms with Crippen LogP contribution in [0.3, 0.4) is 0 Å². The van der Waals surface area contributed by atoms with E-state index < -0.39 is 0 Å². The summed E-state index contributed by atoms with van der Waals surface area (Å²) >= 11 is 0. The Balaban J connectivity index is 1.58. The van der Waals surface area contributed by atoms with Crippen molar-refractivity contribution in [1.29, 1.82) is 0 Å². The summed E-state index contributed by atoms with van der Waals surface area (Å²) in [6, 6.07) is 11.2. The van der Waals surface area contributed by atoms with Crippen molar-refractivity contribution < 1.29 is 0 Å². The van der Waals surface area contributed by atoms with Crippen LogP contribution in [0.5, 0.6) is 0 Å². The van der Waals surface area contributed by atoms with E-state index in [2.05, 4.69) is 32.3 Å². The first-order chi connectivity index (χ1) is 9.92. The predicted molar refractivity (Wildman–Crippen MR) is 79.8 cm³/mol. The van der Waals surface area contributed by atoms with E-state index in [0.717, 1.165) is 50.5 Å². The minimum absolute atomic E-state index is 0.923. The lowest BCUT2D eigenvalue weighted by Gasteiger charge is -2.28. The minimum Gasteiger partial charge on any atom is -0.353 e. The summed E-state index contributed by atoms with van der Waals surface area (Å²) in [5, 5.41) is 3.34. The summed E-state index contributed by atoms with van der Waals surface area (Å²) in [6.45, 7) is 4.06. The second kappa shape index (κ2) is 6.48. The van der Waals surface area contributed by atoms with Gasteiger partial charge in [-0.1, -0.05) is 24.3 Å². The number of aromatic nitrogens is 2. The van der Waals surface area contributed by atoms with Gasteiger partial charge >= 0.3 is 0 Å². The van der Waals surface area contributed by atoms with E-state index in [1.807, 2.05) is 30.6 Å². The third-order valence-corrected chi connectivity index (χ3v) is 3.57. The van der Waals surface area contributed by atoms with Gasteiger partial charge in [0.1, 0.15) is 5.82 Å². The maximum atomic E-state index is 4.54. The fraction of sp³-hybridized carbons (Fsp3) is 0.375. The largest absolute Gasteiger partial charge is 0.353 e. The van der Waals surface area contributed by atoms with Gasteiger partial charge in [0, 0.05) is 26.2 Å². The molecule has 0 amide bonds. The lowest BCUT2D eigenvalue weighted by Crippen LogP contribution is -2.43. The zero-order valence-corrected chi connectivity index (χ0v) is 11.5. The quantitative estimate of drug-likeness (QED) is 0.911.